The number of benzene rings is 1. The molecule has 1 amide bonds. The molecule has 4 nitrogen and oxygen atoms in total. The van der Waals surface area contributed by atoms with Gasteiger partial charge in [0.25, 0.3) is 5.91 Å². The van der Waals surface area contributed by atoms with Crippen molar-refractivity contribution in [3.63, 3.8) is 0 Å². The standard InChI is InChI=1S/C12H11BrINO3/c13-9-2-1-7(14)5-8(9)10(16)15-6-12(3-4-12)11(17)18/h1-2,5H,3-4,6H2,(H,15,16)(H,17,18). The molecule has 6 heteroatoms. The van der Waals surface area contributed by atoms with Crippen LogP contribution in [0.3, 0.4) is 0 Å². The van der Waals surface area contributed by atoms with Gasteiger partial charge in [0.2, 0.25) is 0 Å². The molecule has 1 aromatic carbocycles. The van der Waals surface area contributed by atoms with Crippen molar-refractivity contribution in [3.05, 3.63) is 31.8 Å². The van der Waals surface area contributed by atoms with Crippen LogP contribution in [-0.4, -0.2) is 23.5 Å². The highest BCUT2D eigenvalue weighted by Crippen LogP contribution is 2.45. The molecule has 1 aliphatic carbocycles. The Morgan fingerprint density at radius 2 is 2.11 bits per heavy atom. The van der Waals surface area contributed by atoms with Crippen molar-refractivity contribution in [2.24, 2.45) is 5.41 Å². The van der Waals surface area contributed by atoms with Crippen molar-refractivity contribution in [2.45, 2.75) is 12.8 Å². The van der Waals surface area contributed by atoms with E-state index in [4.69, 9.17) is 5.11 Å². The number of hydrogen-bond donors (Lipinski definition) is 2. The van der Waals surface area contributed by atoms with Gasteiger partial charge in [-0.3, -0.25) is 9.59 Å². The van der Waals surface area contributed by atoms with Gasteiger partial charge in [0.05, 0.1) is 11.0 Å². The monoisotopic (exact) mass is 423 g/mol. The van der Waals surface area contributed by atoms with E-state index in [1.54, 1.807) is 12.1 Å². The topological polar surface area (TPSA) is 66.4 Å². The summed E-state index contributed by atoms with van der Waals surface area (Å²) in [4.78, 5) is 23.0. The molecule has 0 radical (unpaired) electrons. The zero-order valence-corrected chi connectivity index (χ0v) is 13.1. The van der Waals surface area contributed by atoms with Crippen LogP contribution in [-0.2, 0) is 4.79 Å². The molecule has 2 rings (SSSR count). The fraction of sp³-hybridized carbons (Fsp3) is 0.333. The first-order valence-electron chi connectivity index (χ1n) is 5.41. The molecule has 0 unspecified atom stereocenters. The molecule has 18 heavy (non-hydrogen) atoms. The lowest BCUT2D eigenvalue weighted by atomic mass is 10.1. The van der Waals surface area contributed by atoms with Crippen LogP contribution in [0.1, 0.15) is 23.2 Å². The number of rotatable bonds is 4. The highest BCUT2D eigenvalue weighted by molar-refractivity contribution is 14.1. The second kappa shape index (κ2) is 5.16. The van der Waals surface area contributed by atoms with Crippen molar-refractivity contribution in [3.8, 4) is 0 Å². The summed E-state index contributed by atoms with van der Waals surface area (Å²) in [6, 6.07) is 5.46. The van der Waals surface area contributed by atoms with Crippen LogP contribution in [0.5, 0.6) is 0 Å². The highest BCUT2D eigenvalue weighted by atomic mass is 127. The van der Waals surface area contributed by atoms with Gasteiger partial charge in [-0.1, -0.05) is 0 Å². The molecule has 0 saturated heterocycles. The second-order valence-corrected chi connectivity index (χ2v) is 6.49. The largest absolute Gasteiger partial charge is 0.481 e. The summed E-state index contributed by atoms with van der Waals surface area (Å²) in [6.07, 6.45) is 1.27. The van der Waals surface area contributed by atoms with Gasteiger partial charge in [-0.25, -0.2) is 0 Å². The summed E-state index contributed by atoms with van der Waals surface area (Å²) in [7, 11) is 0. The third kappa shape index (κ3) is 2.85. The number of carboxylic acids is 1. The van der Waals surface area contributed by atoms with Crippen LogP contribution < -0.4 is 5.32 Å². The maximum Gasteiger partial charge on any atom is 0.311 e. The van der Waals surface area contributed by atoms with Crippen LogP contribution in [0.25, 0.3) is 0 Å². The summed E-state index contributed by atoms with van der Waals surface area (Å²) >= 11 is 5.44. The lowest BCUT2D eigenvalue weighted by Crippen LogP contribution is -2.34. The third-order valence-corrected chi connectivity index (χ3v) is 4.43. The van der Waals surface area contributed by atoms with Crippen LogP contribution in [0.4, 0.5) is 0 Å². The third-order valence-electron chi connectivity index (χ3n) is 3.07. The van der Waals surface area contributed by atoms with Gasteiger partial charge in [0.1, 0.15) is 0 Å². The minimum absolute atomic E-state index is 0.194. The molecule has 96 valence electrons. The Kier molecular flexibility index (Phi) is 3.96. The predicted molar refractivity (Wildman–Crippen MR) is 78.5 cm³/mol. The first-order chi connectivity index (χ1) is 8.44. The van der Waals surface area contributed by atoms with E-state index in [-0.39, 0.29) is 12.5 Å². The molecular weight excluding hydrogens is 413 g/mol. The zero-order valence-electron chi connectivity index (χ0n) is 9.37. The van der Waals surface area contributed by atoms with Crippen molar-refractivity contribution < 1.29 is 14.7 Å². The van der Waals surface area contributed by atoms with E-state index >= 15 is 0 Å². The molecular formula is C12H11BrINO3. The Morgan fingerprint density at radius 3 is 2.67 bits per heavy atom. The van der Waals surface area contributed by atoms with Crippen LogP contribution >= 0.6 is 38.5 Å². The van der Waals surface area contributed by atoms with Gasteiger partial charge in [-0.05, 0) is 69.6 Å². The molecule has 0 aliphatic heterocycles. The lowest BCUT2D eigenvalue weighted by molar-refractivity contribution is -0.143. The van der Waals surface area contributed by atoms with Crippen molar-refractivity contribution in [1.82, 2.24) is 5.32 Å². The maximum atomic E-state index is 12.0. The molecule has 0 atom stereocenters. The summed E-state index contributed by atoms with van der Waals surface area (Å²) in [5, 5.41) is 11.7. The summed E-state index contributed by atoms with van der Waals surface area (Å²) in [5.74, 6) is -1.07. The molecule has 0 bridgehead atoms. The van der Waals surface area contributed by atoms with Crippen LogP contribution in [0.2, 0.25) is 0 Å². The normalized spacial score (nSPS) is 16.1. The molecule has 1 fully saturated rings. The number of halogens is 2. The maximum absolute atomic E-state index is 12.0. The number of carbonyl (C=O) groups is 2. The number of carboxylic acid groups (broad SMARTS) is 1. The molecule has 1 aromatic rings. The van der Waals surface area contributed by atoms with Crippen molar-refractivity contribution in [1.29, 1.82) is 0 Å². The van der Waals surface area contributed by atoms with Gasteiger partial charge in [-0.15, -0.1) is 0 Å². The highest BCUT2D eigenvalue weighted by Gasteiger charge is 2.50. The summed E-state index contributed by atoms with van der Waals surface area (Å²) in [6.45, 7) is 0.194. The number of nitrogens with one attached hydrogen (secondary N) is 1. The van der Waals surface area contributed by atoms with Gasteiger partial charge in [0, 0.05) is 14.6 Å². The van der Waals surface area contributed by atoms with Crippen LogP contribution in [0.15, 0.2) is 22.7 Å². The van der Waals surface area contributed by atoms with E-state index in [9.17, 15) is 9.59 Å². The van der Waals surface area contributed by atoms with E-state index in [0.717, 1.165) is 3.57 Å². The SMILES string of the molecule is O=C(NCC1(C(=O)O)CC1)c1cc(I)ccc1Br. The van der Waals surface area contributed by atoms with E-state index in [1.807, 2.05) is 6.07 Å². The molecule has 0 aromatic heterocycles. The van der Waals surface area contributed by atoms with E-state index in [0.29, 0.717) is 22.9 Å². The minimum atomic E-state index is -0.829. The number of amides is 1. The fourth-order valence-corrected chi connectivity index (χ4v) is 2.55. The van der Waals surface area contributed by atoms with Gasteiger partial charge < -0.3 is 10.4 Å². The molecule has 1 aliphatic rings. The molecule has 1 saturated carbocycles. The van der Waals surface area contributed by atoms with E-state index in [1.165, 1.54) is 0 Å². The average Bonchev–Trinajstić information content (AvgIpc) is 3.10. The molecule has 0 spiro atoms. The Balaban J connectivity index is 2.04. The minimum Gasteiger partial charge on any atom is -0.481 e. The van der Waals surface area contributed by atoms with Crippen LogP contribution in [0, 0.1) is 8.99 Å². The van der Waals surface area contributed by atoms with E-state index < -0.39 is 11.4 Å². The quantitative estimate of drug-likeness (QED) is 0.731. The Labute approximate surface area is 126 Å². The smallest absolute Gasteiger partial charge is 0.311 e. The van der Waals surface area contributed by atoms with Gasteiger partial charge >= 0.3 is 5.97 Å². The summed E-state index contributed by atoms with van der Waals surface area (Å²) < 4.78 is 1.67. The second-order valence-electron chi connectivity index (χ2n) is 4.39. The molecule has 2 N–H and O–H groups in total. The number of hydrogen-bond acceptors (Lipinski definition) is 2. The zero-order chi connectivity index (χ0) is 13.3. The first kappa shape index (κ1) is 13.8. The molecule has 0 heterocycles. The number of aliphatic carboxylic acids is 1. The first-order valence-corrected chi connectivity index (χ1v) is 7.28. The van der Waals surface area contributed by atoms with Gasteiger partial charge in [0.15, 0.2) is 0 Å². The predicted octanol–water partition coefficient (Wildman–Crippen LogP) is 2.65. The van der Waals surface area contributed by atoms with Crippen molar-refractivity contribution in [2.75, 3.05) is 6.54 Å². The van der Waals surface area contributed by atoms with Gasteiger partial charge in [-0.2, -0.15) is 0 Å². The van der Waals surface area contributed by atoms with E-state index in [2.05, 4.69) is 43.8 Å². The number of carbonyl (C=O) groups excluding carboxylic acids is 1. The summed E-state index contributed by atoms with van der Waals surface area (Å²) in [5.41, 5.74) is -0.201. The Bertz CT molecular complexity index is 514. The van der Waals surface area contributed by atoms with Crippen molar-refractivity contribution >= 4 is 50.4 Å². The Hall–Kier alpha value is -0.630. The Morgan fingerprint density at radius 1 is 1.44 bits per heavy atom. The fourth-order valence-electron chi connectivity index (χ4n) is 1.63. The lowest BCUT2D eigenvalue weighted by Gasteiger charge is -2.12. The average molecular weight is 424 g/mol.